The molecule has 0 saturated carbocycles. The van der Waals surface area contributed by atoms with Crippen LogP contribution in [0.25, 0.3) is 0 Å². The summed E-state index contributed by atoms with van der Waals surface area (Å²) in [5.41, 5.74) is 1.94. The molecule has 0 radical (unpaired) electrons. The van der Waals surface area contributed by atoms with Crippen LogP contribution in [0.3, 0.4) is 0 Å². The third-order valence-corrected chi connectivity index (χ3v) is 4.13. The number of rotatable bonds is 8. The molecule has 0 spiro atoms. The van der Waals surface area contributed by atoms with Crippen LogP contribution in [0, 0.1) is 0 Å². The van der Waals surface area contributed by atoms with Gasteiger partial charge in [-0.05, 0) is 48.4 Å². The molecule has 3 N–H and O–H groups in total. The highest BCUT2D eigenvalue weighted by Crippen LogP contribution is 2.32. The monoisotopic (exact) mass is 358 g/mol. The molecule has 0 unspecified atom stereocenters. The molecule has 0 saturated heterocycles. The van der Waals surface area contributed by atoms with E-state index < -0.39 is 6.09 Å². The molecule has 1 heterocycles. The number of ether oxygens (including phenoxy) is 2. The summed E-state index contributed by atoms with van der Waals surface area (Å²) in [7, 11) is 0. The van der Waals surface area contributed by atoms with Gasteiger partial charge < -0.3 is 29.9 Å². The number of carboxylic acid groups (broad SMARTS) is 1. The molecule has 7 nitrogen and oxygen atoms in total. The predicted molar refractivity (Wildman–Crippen MR) is 95.4 cm³/mol. The van der Waals surface area contributed by atoms with E-state index in [0.717, 1.165) is 11.1 Å². The van der Waals surface area contributed by atoms with Crippen molar-refractivity contribution >= 4 is 6.09 Å². The highest BCUT2D eigenvalue weighted by molar-refractivity contribution is 5.65. The van der Waals surface area contributed by atoms with Gasteiger partial charge in [0, 0.05) is 19.6 Å². The van der Waals surface area contributed by atoms with E-state index in [9.17, 15) is 15.0 Å². The van der Waals surface area contributed by atoms with E-state index in [2.05, 4.69) is 5.32 Å². The lowest BCUT2D eigenvalue weighted by molar-refractivity contribution is 0.141. The summed E-state index contributed by atoms with van der Waals surface area (Å²) in [4.78, 5) is 12.9. The van der Waals surface area contributed by atoms with Crippen LogP contribution in [0.4, 0.5) is 4.79 Å². The van der Waals surface area contributed by atoms with Gasteiger partial charge >= 0.3 is 6.09 Å². The van der Waals surface area contributed by atoms with E-state index in [0.29, 0.717) is 44.1 Å². The Morgan fingerprint density at radius 3 is 2.58 bits per heavy atom. The van der Waals surface area contributed by atoms with Crippen molar-refractivity contribution in [1.29, 1.82) is 0 Å². The third kappa shape index (κ3) is 4.80. The van der Waals surface area contributed by atoms with Gasteiger partial charge in [0.25, 0.3) is 0 Å². The van der Waals surface area contributed by atoms with Gasteiger partial charge in [-0.2, -0.15) is 0 Å². The van der Waals surface area contributed by atoms with Crippen molar-refractivity contribution in [3.05, 3.63) is 53.6 Å². The lowest BCUT2D eigenvalue weighted by atomic mass is 10.2. The minimum atomic E-state index is -0.943. The molecule has 0 bridgehead atoms. The van der Waals surface area contributed by atoms with Crippen molar-refractivity contribution in [3.8, 4) is 17.2 Å². The lowest BCUT2D eigenvalue weighted by Crippen LogP contribution is -2.31. The first kappa shape index (κ1) is 17.9. The molecule has 0 fully saturated rings. The Morgan fingerprint density at radius 2 is 1.81 bits per heavy atom. The van der Waals surface area contributed by atoms with E-state index >= 15 is 0 Å². The third-order valence-electron chi connectivity index (χ3n) is 4.13. The molecule has 1 aliphatic rings. The maximum Gasteiger partial charge on any atom is 0.407 e. The molecule has 2 aromatic carbocycles. The van der Waals surface area contributed by atoms with Gasteiger partial charge in [0.1, 0.15) is 5.75 Å². The average Bonchev–Trinajstić information content (AvgIpc) is 3.09. The Kier molecular flexibility index (Phi) is 5.80. The fourth-order valence-corrected chi connectivity index (χ4v) is 2.74. The van der Waals surface area contributed by atoms with Crippen molar-refractivity contribution in [2.24, 2.45) is 0 Å². The number of carbonyl (C=O) groups is 1. The van der Waals surface area contributed by atoms with Gasteiger partial charge in [0.15, 0.2) is 11.5 Å². The molecule has 7 heteroatoms. The molecule has 1 amide bonds. The van der Waals surface area contributed by atoms with Crippen LogP contribution < -0.4 is 14.8 Å². The number of hydrogen-bond acceptors (Lipinski definition) is 5. The minimum absolute atomic E-state index is 0.203. The van der Waals surface area contributed by atoms with E-state index in [1.54, 1.807) is 18.2 Å². The molecule has 0 aromatic heterocycles. The van der Waals surface area contributed by atoms with Gasteiger partial charge in [-0.15, -0.1) is 0 Å². The number of nitrogens with one attached hydrogen (secondary N) is 1. The number of fused-ring (bicyclic) bond motifs is 1. The van der Waals surface area contributed by atoms with E-state index in [4.69, 9.17) is 9.47 Å². The summed E-state index contributed by atoms with van der Waals surface area (Å²) in [5, 5.41) is 21.9. The van der Waals surface area contributed by atoms with Gasteiger partial charge in [-0.1, -0.05) is 18.2 Å². The molecule has 0 atom stereocenters. The Labute approximate surface area is 151 Å². The molecule has 138 valence electrons. The Bertz CT molecular complexity index is 748. The van der Waals surface area contributed by atoms with Crippen LogP contribution in [0.1, 0.15) is 17.5 Å². The first-order valence-electron chi connectivity index (χ1n) is 8.47. The van der Waals surface area contributed by atoms with Crippen LogP contribution in [0.2, 0.25) is 0 Å². The molecule has 0 aliphatic carbocycles. The Hall–Kier alpha value is -2.93. The number of hydrogen-bond donors (Lipinski definition) is 3. The van der Waals surface area contributed by atoms with Crippen LogP contribution in [0.5, 0.6) is 17.2 Å². The summed E-state index contributed by atoms with van der Waals surface area (Å²) in [6, 6.07) is 12.5. The highest BCUT2D eigenvalue weighted by atomic mass is 16.7. The summed E-state index contributed by atoms with van der Waals surface area (Å²) in [6.45, 7) is 2.33. The van der Waals surface area contributed by atoms with Gasteiger partial charge in [0.05, 0.1) is 0 Å². The number of benzene rings is 2. The van der Waals surface area contributed by atoms with Crippen molar-refractivity contribution in [3.63, 3.8) is 0 Å². The first-order chi connectivity index (χ1) is 12.6. The average molecular weight is 358 g/mol. The van der Waals surface area contributed by atoms with Crippen LogP contribution >= 0.6 is 0 Å². The maximum absolute atomic E-state index is 11.5. The fraction of sp³-hybridized carbons (Fsp3) is 0.316. The summed E-state index contributed by atoms with van der Waals surface area (Å²) in [5.74, 6) is 1.59. The second-order valence-corrected chi connectivity index (χ2v) is 6.09. The number of aromatic hydroxyl groups is 1. The molecule has 2 aromatic rings. The SMILES string of the molecule is O=C(O)N(CCCNCc1ccc(O)cc1)Cc1ccc2c(c1)OCO2. The highest BCUT2D eigenvalue weighted by Gasteiger charge is 2.16. The topological polar surface area (TPSA) is 91.3 Å². The zero-order valence-electron chi connectivity index (χ0n) is 14.4. The van der Waals surface area contributed by atoms with Gasteiger partial charge in [0.2, 0.25) is 6.79 Å². The van der Waals surface area contributed by atoms with Crippen LogP contribution in [0.15, 0.2) is 42.5 Å². The fourth-order valence-electron chi connectivity index (χ4n) is 2.74. The molecule has 3 rings (SSSR count). The van der Waals surface area contributed by atoms with Crippen molar-refractivity contribution in [1.82, 2.24) is 10.2 Å². The van der Waals surface area contributed by atoms with E-state index in [1.165, 1.54) is 4.90 Å². The van der Waals surface area contributed by atoms with Crippen LogP contribution in [-0.4, -0.2) is 41.1 Å². The number of nitrogens with zero attached hydrogens (tertiary/aromatic N) is 1. The molecular weight excluding hydrogens is 336 g/mol. The first-order valence-corrected chi connectivity index (χ1v) is 8.47. The van der Waals surface area contributed by atoms with Crippen molar-refractivity contribution < 1.29 is 24.5 Å². The summed E-state index contributed by atoms with van der Waals surface area (Å²) in [6.07, 6.45) is -0.240. The Morgan fingerprint density at radius 1 is 1.08 bits per heavy atom. The van der Waals surface area contributed by atoms with Gasteiger partial charge in [-0.25, -0.2) is 4.79 Å². The molecular formula is C19H22N2O5. The number of phenolic OH excluding ortho intramolecular Hbond substituents is 1. The van der Waals surface area contributed by atoms with Crippen LogP contribution in [-0.2, 0) is 13.1 Å². The summed E-state index contributed by atoms with van der Waals surface area (Å²) < 4.78 is 10.6. The van der Waals surface area contributed by atoms with Crippen molar-refractivity contribution in [2.45, 2.75) is 19.5 Å². The predicted octanol–water partition coefficient (Wildman–Crippen LogP) is 2.78. The summed E-state index contributed by atoms with van der Waals surface area (Å²) >= 11 is 0. The maximum atomic E-state index is 11.5. The minimum Gasteiger partial charge on any atom is -0.508 e. The normalized spacial score (nSPS) is 12.2. The standard InChI is InChI=1S/C19H22N2O5/c22-16-5-2-14(3-6-16)11-20-8-1-9-21(19(23)24)12-15-4-7-17-18(10-15)26-13-25-17/h2-7,10,20,22H,1,8-9,11-13H2,(H,23,24). The second kappa shape index (κ2) is 8.44. The molecule has 1 aliphatic heterocycles. The van der Waals surface area contributed by atoms with Crippen molar-refractivity contribution in [2.75, 3.05) is 19.9 Å². The van der Waals surface area contributed by atoms with Gasteiger partial charge in [-0.3, -0.25) is 0 Å². The quantitative estimate of drug-likeness (QED) is 0.629. The number of phenols is 1. The largest absolute Gasteiger partial charge is 0.508 e. The lowest BCUT2D eigenvalue weighted by Gasteiger charge is -2.19. The molecule has 26 heavy (non-hydrogen) atoms. The zero-order chi connectivity index (χ0) is 18.4. The second-order valence-electron chi connectivity index (χ2n) is 6.09. The van der Waals surface area contributed by atoms with E-state index in [1.807, 2.05) is 24.3 Å². The smallest absolute Gasteiger partial charge is 0.407 e. The zero-order valence-corrected chi connectivity index (χ0v) is 14.4. The van der Waals surface area contributed by atoms with E-state index in [-0.39, 0.29) is 12.5 Å². The Balaban J connectivity index is 1.43. The number of amides is 1.